The van der Waals surface area contributed by atoms with Crippen molar-refractivity contribution in [1.82, 2.24) is 5.32 Å². The first-order chi connectivity index (χ1) is 13.6. The highest BCUT2D eigenvalue weighted by Crippen LogP contribution is 2.34. The van der Waals surface area contributed by atoms with Crippen LogP contribution in [-0.2, 0) is 13.0 Å². The molecule has 28 heavy (non-hydrogen) atoms. The van der Waals surface area contributed by atoms with Gasteiger partial charge in [0.05, 0.1) is 6.61 Å². The summed E-state index contributed by atoms with van der Waals surface area (Å²) in [5, 5.41) is 4.31. The lowest BCUT2D eigenvalue weighted by molar-refractivity contribution is 0.0950. The molecular formula is C22H17Cl2NO2S. The summed E-state index contributed by atoms with van der Waals surface area (Å²) in [6, 6.07) is 18.9. The summed E-state index contributed by atoms with van der Waals surface area (Å²) in [7, 11) is 0. The average molecular weight is 430 g/mol. The number of rotatable bonds is 5. The lowest BCUT2D eigenvalue weighted by atomic mass is 10.1. The van der Waals surface area contributed by atoms with Gasteiger partial charge in [0, 0.05) is 43.9 Å². The maximum atomic E-state index is 12.6. The summed E-state index contributed by atoms with van der Waals surface area (Å²) in [6.07, 6.45) is 0.836. The number of amides is 1. The number of hydrogen-bond donors (Lipinski definition) is 1. The average Bonchev–Trinajstić information content (AvgIpc) is 3.17. The molecule has 3 aromatic carbocycles. The number of hydrogen-bond acceptors (Lipinski definition) is 3. The van der Waals surface area contributed by atoms with E-state index in [0.29, 0.717) is 28.8 Å². The zero-order valence-electron chi connectivity index (χ0n) is 14.9. The second kappa shape index (κ2) is 8.48. The molecule has 1 amide bonds. The fraction of sp³-hybridized carbons (Fsp3) is 0.136. The number of fused-ring (bicyclic) bond motifs is 1. The summed E-state index contributed by atoms with van der Waals surface area (Å²) in [5.74, 6) is 0.737. The molecule has 1 heterocycles. The molecule has 1 aliphatic rings. The molecule has 142 valence electrons. The van der Waals surface area contributed by atoms with Crippen LogP contribution in [0.1, 0.15) is 21.5 Å². The van der Waals surface area contributed by atoms with Crippen LogP contribution in [0.25, 0.3) is 0 Å². The SMILES string of the molecule is O=C(NCc1c(Cl)cccc1Sc1ccc(Cl)cc1)c1ccc2c(c1)CCO2. The molecule has 3 aromatic rings. The Kier molecular flexibility index (Phi) is 5.81. The Balaban J connectivity index is 1.49. The van der Waals surface area contributed by atoms with Crippen LogP contribution >= 0.6 is 35.0 Å². The van der Waals surface area contributed by atoms with Crippen molar-refractivity contribution in [3.8, 4) is 5.75 Å². The van der Waals surface area contributed by atoms with Crippen LogP contribution < -0.4 is 10.1 Å². The van der Waals surface area contributed by atoms with E-state index < -0.39 is 0 Å². The largest absolute Gasteiger partial charge is 0.493 e. The van der Waals surface area contributed by atoms with Crippen LogP contribution in [0.4, 0.5) is 0 Å². The Morgan fingerprint density at radius 1 is 1.07 bits per heavy atom. The fourth-order valence-corrected chi connectivity index (χ4v) is 4.44. The molecule has 0 aliphatic carbocycles. The van der Waals surface area contributed by atoms with Gasteiger partial charge in [0.1, 0.15) is 5.75 Å². The molecule has 0 aromatic heterocycles. The van der Waals surface area contributed by atoms with E-state index >= 15 is 0 Å². The number of benzene rings is 3. The minimum Gasteiger partial charge on any atom is -0.493 e. The normalized spacial score (nSPS) is 12.4. The van der Waals surface area contributed by atoms with Gasteiger partial charge < -0.3 is 10.1 Å². The number of carbonyl (C=O) groups excluding carboxylic acids is 1. The van der Waals surface area contributed by atoms with E-state index in [0.717, 1.165) is 33.1 Å². The second-order valence-corrected chi connectivity index (χ2v) is 8.34. The van der Waals surface area contributed by atoms with Crippen LogP contribution in [-0.4, -0.2) is 12.5 Å². The Hall–Kier alpha value is -2.14. The summed E-state index contributed by atoms with van der Waals surface area (Å²) in [6.45, 7) is 1.02. The van der Waals surface area contributed by atoms with Gasteiger partial charge in [0.2, 0.25) is 0 Å². The van der Waals surface area contributed by atoms with Crippen LogP contribution in [0.15, 0.2) is 70.5 Å². The molecule has 0 saturated carbocycles. The number of halogens is 2. The predicted molar refractivity (Wildman–Crippen MR) is 114 cm³/mol. The summed E-state index contributed by atoms with van der Waals surface area (Å²) < 4.78 is 5.50. The predicted octanol–water partition coefficient (Wildman–Crippen LogP) is 6.01. The van der Waals surface area contributed by atoms with Crippen molar-refractivity contribution < 1.29 is 9.53 Å². The highest BCUT2D eigenvalue weighted by Gasteiger charge is 2.16. The molecule has 4 rings (SSSR count). The van der Waals surface area contributed by atoms with E-state index in [9.17, 15) is 4.79 Å². The van der Waals surface area contributed by atoms with Crippen molar-refractivity contribution in [3.63, 3.8) is 0 Å². The van der Waals surface area contributed by atoms with Crippen molar-refractivity contribution in [2.45, 2.75) is 22.8 Å². The molecule has 0 radical (unpaired) electrons. The molecule has 0 unspecified atom stereocenters. The van der Waals surface area contributed by atoms with Gasteiger partial charge in [0.25, 0.3) is 5.91 Å². The van der Waals surface area contributed by atoms with Crippen LogP contribution in [0.2, 0.25) is 10.0 Å². The quantitative estimate of drug-likeness (QED) is 0.539. The van der Waals surface area contributed by atoms with E-state index in [1.54, 1.807) is 17.8 Å². The van der Waals surface area contributed by atoms with Crippen LogP contribution in [0, 0.1) is 0 Å². The van der Waals surface area contributed by atoms with E-state index in [1.165, 1.54) is 0 Å². The number of nitrogens with one attached hydrogen (secondary N) is 1. The standard InChI is InChI=1S/C22H17Cl2NO2S/c23-16-5-7-17(8-6-16)28-21-3-1-2-19(24)18(21)13-25-22(26)15-4-9-20-14(12-15)10-11-27-20/h1-9,12H,10-11,13H2,(H,25,26). The van der Waals surface area contributed by atoms with Gasteiger partial charge in [-0.2, -0.15) is 0 Å². The maximum absolute atomic E-state index is 12.6. The molecule has 0 atom stereocenters. The second-order valence-electron chi connectivity index (χ2n) is 6.38. The maximum Gasteiger partial charge on any atom is 0.251 e. The van der Waals surface area contributed by atoms with Gasteiger partial charge in [-0.25, -0.2) is 0 Å². The first-order valence-electron chi connectivity index (χ1n) is 8.85. The molecule has 1 aliphatic heterocycles. The summed E-state index contributed by atoms with van der Waals surface area (Å²) in [4.78, 5) is 14.7. The van der Waals surface area contributed by atoms with E-state index in [4.69, 9.17) is 27.9 Å². The Labute approximate surface area is 178 Å². The van der Waals surface area contributed by atoms with Crippen LogP contribution in [0.5, 0.6) is 5.75 Å². The first-order valence-corrected chi connectivity index (χ1v) is 10.4. The molecule has 0 fully saturated rings. The van der Waals surface area contributed by atoms with E-state index in [2.05, 4.69) is 5.32 Å². The molecule has 6 heteroatoms. The third-order valence-corrected chi connectivity index (χ3v) is 6.21. The molecular weight excluding hydrogens is 413 g/mol. The summed E-state index contributed by atoms with van der Waals surface area (Å²) >= 11 is 14.0. The Morgan fingerprint density at radius 2 is 1.89 bits per heavy atom. The third-order valence-electron chi connectivity index (χ3n) is 4.49. The molecule has 1 N–H and O–H groups in total. The number of ether oxygens (including phenoxy) is 1. The van der Waals surface area contributed by atoms with Crippen molar-refractivity contribution >= 4 is 40.9 Å². The third kappa shape index (κ3) is 4.30. The zero-order valence-corrected chi connectivity index (χ0v) is 17.2. The zero-order chi connectivity index (χ0) is 19.5. The molecule has 3 nitrogen and oxygen atoms in total. The van der Waals surface area contributed by atoms with Crippen molar-refractivity contribution in [2.75, 3.05) is 6.61 Å². The molecule has 0 bridgehead atoms. The first kappa shape index (κ1) is 19.2. The minimum atomic E-state index is -0.128. The fourth-order valence-electron chi connectivity index (χ4n) is 3.03. The minimum absolute atomic E-state index is 0.128. The summed E-state index contributed by atoms with van der Waals surface area (Å²) in [5.41, 5.74) is 2.59. The van der Waals surface area contributed by atoms with Gasteiger partial charge in [-0.1, -0.05) is 41.0 Å². The van der Waals surface area contributed by atoms with Crippen molar-refractivity contribution in [2.24, 2.45) is 0 Å². The smallest absolute Gasteiger partial charge is 0.251 e. The van der Waals surface area contributed by atoms with Gasteiger partial charge >= 0.3 is 0 Å². The monoisotopic (exact) mass is 429 g/mol. The van der Waals surface area contributed by atoms with Gasteiger partial charge in [-0.05, 0) is 60.2 Å². The lowest BCUT2D eigenvalue weighted by Gasteiger charge is -2.13. The van der Waals surface area contributed by atoms with E-state index in [-0.39, 0.29) is 5.91 Å². The molecule has 0 saturated heterocycles. The van der Waals surface area contributed by atoms with Crippen LogP contribution in [0.3, 0.4) is 0 Å². The van der Waals surface area contributed by atoms with Crippen molar-refractivity contribution in [3.05, 3.63) is 87.4 Å². The highest BCUT2D eigenvalue weighted by molar-refractivity contribution is 7.99. The van der Waals surface area contributed by atoms with Gasteiger partial charge in [-0.15, -0.1) is 0 Å². The van der Waals surface area contributed by atoms with E-state index in [1.807, 2.05) is 54.6 Å². The van der Waals surface area contributed by atoms with Gasteiger partial charge in [0.15, 0.2) is 0 Å². The number of carbonyl (C=O) groups is 1. The highest BCUT2D eigenvalue weighted by atomic mass is 35.5. The van der Waals surface area contributed by atoms with Crippen molar-refractivity contribution in [1.29, 1.82) is 0 Å². The van der Waals surface area contributed by atoms with Gasteiger partial charge in [-0.3, -0.25) is 4.79 Å². The Bertz CT molecular complexity index is 1020. The molecule has 0 spiro atoms. The lowest BCUT2D eigenvalue weighted by Crippen LogP contribution is -2.23. The Morgan fingerprint density at radius 3 is 2.71 bits per heavy atom. The topological polar surface area (TPSA) is 38.3 Å².